The van der Waals surface area contributed by atoms with Crippen molar-refractivity contribution in [3.8, 4) is 5.75 Å². The van der Waals surface area contributed by atoms with E-state index in [1.165, 1.54) is 0 Å². The van der Waals surface area contributed by atoms with Gasteiger partial charge in [-0.25, -0.2) is 0 Å². The number of anilines is 1. The van der Waals surface area contributed by atoms with E-state index in [-0.39, 0.29) is 6.04 Å². The molecule has 1 unspecified atom stereocenters. The molecule has 0 saturated heterocycles. The Kier molecular flexibility index (Phi) is 5.58. The van der Waals surface area contributed by atoms with Gasteiger partial charge in [-0.1, -0.05) is 18.2 Å². The molecule has 0 saturated carbocycles. The number of hydrogen-bond acceptors (Lipinski definition) is 3. The zero-order valence-corrected chi connectivity index (χ0v) is 14.3. The van der Waals surface area contributed by atoms with Gasteiger partial charge in [-0.2, -0.15) is 0 Å². The van der Waals surface area contributed by atoms with Gasteiger partial charge < -0.3 is 15.4 Å². The highest BCUT2D eigenvalue weighted by Gasteiger charge is 2.17. The maximum absolute atomic E-state index is 12.1. The van der Waals surface area contributed by atoms with E-state index >= 15 is 0 Å². The Balaban J connectivity index is 1.97. The van der Waals surface area contributed by atoms with Gasteiger partial charge in [-0.3, -0.25) is 9.59 Å². The molecule has 0 bridgehead atoms. The quantitative estimate of drug-likeness (QED) is 0.848. The van der Waals surface area contributed by atoms with Crippen molar-refractivity contribution in [1.29, 1.82) is 0 Å². The number of hydrogen-bond donors (Lipinski definition) is 2. The highest BCUT2D eigenvalue weighted by Crippen LogP contribution is 2.17. The molecule has 0 aliphatic carbocycles. The number of rotatable bonds is 4. The molecule has 0 fully saturated rings. The molecule has 0 heterocycles. The molecule has 5 nitrogen and oxygen atoms in total. The number of ether oxygens (including phenoxy) is 1. The average molecular weight is 326 g/mol. The van der Waals surface area contributed by atoms with Gasteiger partial charge in [0.2, 0.25) is 0 Å². The zero-order valence-electron chi connectivity index (χ0n) is 14.3. The molecule has 0 aliphatic heterocycles. The smallest absolute Gasteiger partial charge is 0.313 e. The molecule has 2 aromatic rings. The molecule has 0 spiro atoms. The van der Waals surface area contributed by atoms with Crippen molar-refractivity contribution in [3.05, 3.63) is 59.2 Å². The summed E-state index contributed by atoms with van der Waals surface area (Å²) in [5.41, 5.74) is 3.68. The van der Waals surface area contributed by atoms with Crippen LogP contribution < -0.4 is 15.4 Å². The SMILES string of the molecule is COc1ccc(C(C)NC(=O)C(=O)Nc2ccc(C)c(C)c2)cc1. The van der Waals surface area contributed by atoms with Crippen LogP contribution in [0.2, 0.25) is 0 Å². The van der Waals surface area contributed by atoms with Gasteiger partial charge in [0.1, 0.15) is 5.75 Å². The number of benzene rings is 2. The number of nitrogens with one attached hydrogen (secondary N) is 2. The minimum atomic E-state index is -0.682. The van der Waals surface area contributed by atoms with Gasteiger partial charge in [-0.05, 0) is 61.7 Å². The van der Waals surface area contributed by atoms with E-state index in [1.54, 1.807) is 13.2 Å². The van der Waals surface area contributed by atoms with E-state index < -0.39 is 11.8 Å². The van der Waals surface area contributed by atoms with E-state index in [2.05, 4.69) is 10.6 Å². The van der Waals surface area contributed by atoms with Crippen LogP contribution in [0.25, 0.3) is 0 Å². The lowest BCUT2D eigenvalue weighted by Gasteiger charge is -2.15. The molecule has 2 amide bonds. The summed E-state index contributed by atoms with van der Waals surface area (Å²) >= 11 is 0. The van der Waals surface area contributed by atoms with Gasteiger partial charge in [0, 0.05) is 5.69 Å². The maximum atomic E-state index is 12.1. The Bertz CT molecular complexity index is 739. The number of amides is 2. The van der Waals surface area contributed by atoms with Crippen LogP contribution >= 0.6 is 0 Å². The Hall–Kier alpha value is -2.82. The van der Waals surface area contributed by atoms with Crippen LogP contribution in [0, 0.1) is 13.8 Å². The Morgan fingerprint density at radius 1 is 0.958 bits per heavy atom. The lowest BCUT2D eigenvalue weighted by atomic mass is 10.1. The minimum Gasteiger partial charge on any atom is -0.497 e. The van der Waals surface area contributed by atoms with E-state index in [0.29, 0.717) is 5.69 Å². The summed E-state index contributed by atoms with van der Waals surface area (Å²) in [4.78, 5) is 24.1. The van der Waals surface area contributed by atoms with E-state index in [9.17, 15) is 9.59 Å². The average Bonchev–Trinajstić information content (AvgIpc) is 2.58. The fourth-order valence-electron chi connectivity index (χ4n) is 2.25. The van der Waals surface area contributed by atoms with Crippen molar-refractivity contribution in [1.82, 2.24) is 5.32 Å². The summed E-state index contributed by atoms with van der Waals surface area (Å²) in [5, 5.41) is 5.30. The summed E-state index contributed by atoms with van der Waals surface area (Å²) in [6.07, 6.45) is 0. The third kappa shape index (κ3) is 4.35. The van der Waals surface area contributed by atoms with Crippen molar-refractivity contribution < 1.29 is 14.3 Å². The second-order valence-corrected chi connectivity index (χ2v) is 5.72. The molecular weight excluding hydrogens is 304 g/mol. The standard InChI is InChI=1S/C19H22N2O3/c1-12-5-8-16(11-13(12)2)21-19(23)18(22)20-14(3)15-6-9-17(24-4)10-7-15/h5-11,14H,1-4H3,(H,20,22)(H,21,23). The van der Waals surface area contributed by atoms with Crippen LogP contribution in [0.4, 0.5) is 5.69 Å². The molecule has 2 aromatic carbocycles. The molecule has 126 valence electrons. The Morgan fingerprint density at radius 2 is 1.62 bits per heavy atom. The predicted octanol–water partition coefficient (Wildman–Crippen LogP) is 3.13. The summed E-state index contributed by atoms with van der Waals surface area (Å²) < 4.78 is 5.10. The third-order valence-electron chi connectivity index (χ3n) is 3.93. The molecule has 2 N–H and O–H groups in total. The Labute approximate surface area is 142 Å². The number of aryl methyl sites for hydroxylation is 2. The van der Waals surface area contributed by atoms with Crippen molar-refractivity contribution in [3.63, 3.8) is 0 Å². The molecule has 0 radical (unpaired) electrons. The van der Waals surface area contributed by atoms with E-state index in [1.807, 2.05) is 57.2 Å². The molecule has 0 aliphatic rings. The molecule has 2 rings (SSSR count). The number of methoxy groups -OCH3 is 1. The largest absolute Gasteiger partial charge is 0.497 e. The van der Waals surface area contributed by atoms with Crippen molar-refractivity contribution in [2.45, 2.75) is 26.8 Å². The lowest BCUT2D eigenvalue weighted by molar-refractivity contribution is -0.136. The first kappa shape index (κ1) is 17.5. The van der Waals surface area contributed by atoms with Crippen LogP contribution in [0.1, 0.15) is 29.7 Å². The molecular formula is C19H22N2O3. The van der Waals surface area contributed by atoms with Gasteiger partial charge in [0.25, 0.3) is 0 Å². The molecule has 0 aromatic heterocycles. The third-order valence-corrected chi connectivity index (χ3v) is 3.93. The molecule has 24 heavy (non-hydrogen) atoms. The summed E-state index contributed by atoms with van der Waals surface area (Å²) in [6, 6.07) is 12.6. The zero-order chi connectivity index (χ0) is 17.7. The first-order valence-corrected chi connectivity index (χ1v) is 7.73. The van der Waals surface area contributed by atoms with Crippen molar-refractivity contribution >= 4 is 17.5 Å². The highest BCUT2D eigenvalue weighted by atomic mass is 16.5. The topological polar surface area (TPSA) is 67.4 Å². The van der Waals surface area contributed by atoms with Crippen LogP contribution in [-0.2, 0) is 9.59 Å². The first-order chi connectivity index (χ1) is 11.4. The number of carbonyl (C=O) groups is 2. The van der Waals surface area contributed by atoms with Crippen LogP contribution in [0.3, 0.4) is 0 Å². The van der Waals surface area contributed by atoms with Crippen molar-refractivity contribution in [2.24, 2.45) is 0 Å². The monoisotopic (exact) mass is 326 g/mol. The lowest BCUT2D eigenvalue weighted by Crippen LogP contribution is -2.36. The van der Waals surface area contributed by atoms with Crippen molar-refractivity contribution in [2.75, 3.05) is 12.4 Å². The maximum Gasteiger partial charge on any atom is 0.313 e. The Morgan fingerprint density at radius 3 is 2.21 bits per heavy atom. The fraction of sp³-hybridized carbons (Fsp3) is 0.263. The minimum absolute atomic E-state index is 0.283. The van der Waals surface area contributed by atoms with Crippen LogP contribution in [-0.4, -0.2) is 18.9 Å². The van der Waals surface area contributed by atoms with E-state index in [4.69, 9.17) is 4.74 Å². The predicted molar refractivity (Wildman–Crippen MR) is 94.1 cm³/mol. The van der Waals surface area contributed by atoms with Gasteiger partial charge in [0.05, 0.1) is 13.2 Å². The van der Waals surface area contributed by atoms with Gasteiger partial charge in [-0.15, -0.1) is 0 Å². The summed E-state index contributed by atoms with van der Waals surface area (Å²) in [5.74, 6) is -0.611. The van der Waals surface area contributed by atoms with Gasteiger partial charge in [0.15, 0.2) is 0 Å². The first-order valence-electron chi connectivity index (χ1n) is 7.73. The second kappa shape index (κ2) is 7.64. The van der Waals surface area contributed by atoms with Crippen LogP contribution in [0.15, 0.2) is 42.5 Å². The van der Waals surface area contributed by atoms with Gasteiger partial charge >= 0.3 is 11.8 Å². The van der Waals surface area contributed by atoms with E-state index in [0.717, 1.165) is 22.4 Å². The highest BCUT2D eigenvalue weighted by molar-refractivity contribution is 6.39. The normalized spacial score (nSPS) is 11.5. The van der Waals surface area contributed by atoms with Crippen LogP contribution in [0.5, 0.6) is 5.75 Å². The second-order valence-electron chi connectivity index (χ2n) is 5.72. The fourth-order valence-corrected chi connectivity index (χ4v) is 2.25. The number of carbonyl (C=O) groups excluding carboxylic acids is 2. The summed E-state index contributed by atoms with van der Waals surface area (Å²) in [6.45, 7) is 5.77. The summed E-state index contributed by atoms with van der Waals surface area (Å²) in [7, 11) is 1.59. The molecule has 5 heteroatoms. The molecule has 1 atom stereocenters.